The first-order valence-electron chi connectivity index (χ1n) is 11.0. The van der Waals surface area contributed by atoms with Gasteiger partial charge >= 0.3 is 7.12 Å². The lowest BCUT2D eigenvalue weighted by atomic mass is 9.80. The highest BCUT2D eigenvalue weighted by Gasteiger charge is 2.11. The zero-order valence-corrected chi connectivity index (χ0v) is 17.9. The second kappa shape index (κ2) is 13.8. The fraction of sp³-hybridized carbons (Fsp3) is 0.400. The van der Waals surface area contributed by atoms with Gasteiger partial charge in [0.1, 0.15) is 5.75 Å². The highest BCUT2D eigenvalue weighted by atomic mass is 16.5. The van der Waals surface area contributed by atoms with E-state index in [0.717, 1.165) is 24.3 Å². The largest absolute Gasteiger partial charge is 0.494 e. The van der Waals surface area contributed by atoms with Gasteiger partial charge in [-0.25, -0.2) is 0 Å². The molecule has 2 aromatic rings. The van der Waals surface area contributed by atoms with E-state index in [1.54, 1.807) is 18.2 Å². The summed E-state index contributed by atoms with van der Waals surface area (Å²) in [5, 5.41) is 18.2. The van der Waals surface area contributed by atoms with Crippen LogP contribution in [0.4, 0.5) is 0 Å². The molecule has 0 heterocycles. The van der Waals surface area contributed by atoms with Crippen LogP contribution in [0, 0.1) is 0 Å². The molecule has 0 fully saturated rings. The predicted molar refractivity (Wildman–Crippen MR) is 124 cm³/mol. The van der Waals surface area contributed by atoms with Gasteiger partial charge in [-0.05, 0) is 35.7 Å². The minimum atomic E-state index is -1.53. The van der Waals surface area contributed by atoms with Crippen LogP contribution in [-0.4, -0.2) is 29.6 Å². The number of hydrogen-bond donors (Lipinski definition) is 2. The van der Waals surface area contributed by atoms with Crippen LogP contribution < -0.4 is 10.2 Å². The van der Waals surface area contributed by atoms with Gasteiger partial charge in [-0.2, -0.15) is 0 Å². The van der Waals surface area contributed by atoms with Crippen LogP contribution in [0.15, 0.2) is 54.6 Å². The molecule has 2 N–H and O–H groups in total. The Morgan fingerprint density at radius 1 is 0.867 bits per heavy atom. The van der Waals surface area contributed by atoms with Crippen molar-refractivity contribution in [2.45, 2.75) is 58.3 Å². The van der Waals surface area contributed by atoms with Gasteiger partial charge in [0.25, 0.3) is 0 Å². The van der Waals surface area contributed by atoms with E-state index in [0.29, 0.717) is 11.0 Å². The summed E-state index contributed by atoms with van der Waals surface area (Å²) in [5.41, 5.74) is 1.78. The summed E-state index contributed by atoms with van der Waals surface area (Å²) in [6.45, 7) is 2.98. The lowest BCUT2D eigenvalue weighted by molar-refractivity contribution is 0.104. The van der Waals surface area contributed by atoms with E-state index in [4.69, 9.17) is 14.8 Å². The average molecular weight is 408 g/mol. The molecule has 0 aromatic heterocycles. The van der Waals surface area contributed by atoms with E-state index >= 15 is 0 Å². The van der Waals surface area contributed by atoms with Crippen molar-refractivity contribution in [3.63, 3.8) is 0 Å². The molecule has 30 heavy (non-hydrogen) atoms. The molecule has 5 heteroatoms. The molecule has 0 aliphatic rings. The van der Waals surface area contributed by atoms with Crippen LogP contribution in [0.5, 0.6) is 5.75 Å². The van der Waals surface area contributed by atoms with Gasteiger partial charge in [-0.15, -0.1) is 0 Å². The van der Waals surface area contributed by atoms with Crippen LogP contribution in [0.2, 0.25) is 0 Å². The second-order valence-electron chi connectivity index (χ2n) is 7.59. The summed E-state index contributed by atoms with van der Waals surface area (Å²) in [6.07, 6.45) is 13.5. The van der Waals surface area contributed by atoms with Crippen molar-refractivity contribution in [3.8, 4) is 5.75 Å². The number of carbonyl (C=O) groups is 1. The van der Waals surface area contributed by atoms with Crippen molar-refractivity contribution in [3.05, 3.63) is 65.7 Å². The zero-order chi connectivity index (χ0) is 21.6. The average Bonchev–Trinajstić information content (AvgIpc) is 2.77. The van der Waals surface area contributed by atoms with E-state index in [-0.39, 0.29) is 5.78 Å². The summed E-state index contributed by atoms with van der Waals surface area (Å²) >= 11 is 0. The van der Waals surface area contributed by atoms with Crippen LogP contribution in [-0.2, 0) is 0 Å². The number of benzene rings is 2. The second-order valence-corrected chi connectivity index (χ2v) is 7.59. The van der Waals surface area contributed by atoms with E-state index < -0.39 is 7.12 Å². The van der Waals surface area contributed by atoms with Crippen LogP contribution in [0.25, 0.3) is 6.08 Å². The normalized spacial score (nSPS) is 11.0. The third-order valence-corrected chi connectivity index (χ3v) is 5.07. The summed E-state index contributed by atoms with van der Waals surface area (Å²) in [7, 11) is -1.53. The molecule has 160 valence electrons. The maximum absolute atomic E-state index is 12.2. The molecule has 0 spiro atoms. The lowest BCUT2D eigenvalue weighted by Crippen LogP contribution is -2.29. The van der Waals surface area contributed by atoms with Gasteiger partial charge in [-0.1, -0.05) is 94.3 Å². The van der Waals surface area contributed by atoms with Crippen molar-refractivity contribution in [1.82, 2.24) is 0 Å². The van der Waals surface area contributed by atoms with E-state index in [1.165, 1.54) is 63.2 Å². The fourth-order valence-electron chi connectivity index (χ4n) is 3.19. The maximum atomic E-state index is 12.2. The first-order valence-corrected chi connectivity index (χ1v) is 11.0. The minimum absolute atomic E-state index is 0.135. The highest BCUT2D eigenvalue weighted by molar-refractivity contribution is 6.58. The SMILES string of the molecule is CCCCCCCCCCOc1ccc(/C=C/C(=O)c2ccc(B(O)O)cc2)cc1. The highest BCUT2D eigenvalue weighted by Crippen LogP contribution is 2.15. The Morgan fingerprint density at radius 3 is 2.07 bits per heavy atom. The Morgan fingerprint density at radius 2 is 1.47 bits per heavy atom. The molecule has 0 aliphatic heterocycles. The van der Waals surface area contributed by atoms with Crippen molar-refractivity contribution in [1.29, 1.82) is 0 Å². The monoisotopic (exact) mass is 408 g/mol. The quantitative estimate of drug-likeness (QED) is 0.204. The fourth-order valence-corrected chi connectivity index (χ4v) is 3.19. The predicted octanol–water partition coefficient (Wildman–Crippen LogP) is 4.78. The standard InChI is InChI=1S/C25H33BO4/c1-2-3-4-5-6-7-8-9-20-30-24-17-10-21(11-18-24)12-19-25(27)22-13-15-23(16-14-22)26(28)29/h10-19,28-29H,2-9,20H2,1H3/b19-12+. The third kappa shape index (κ3) is 8.97. The number of ether oxygens (including phenoxy) is 1. The molecule has 0 saturated heterocycles. The topological polar surface area (TPSA) is 66.8 Å². The zero-order valence-electron chi connectivity index (χ0n) is 17.9. The third-order valence-electron chi connectivity index (χ3n) is 5.07. The lowest BCUT2D eigenvalue weighted by Gasteiger charge is -2.06. The molecule has 0 bridgehead atoms. The van der Waals surface area contributed by atoms with Crippen molar-refractivity contribution < 1.29 is 19.6 Å². The molecule has 0 atom stereocenters. The number of allylic oxidation sites excluding steroid dienone is 1. The maximum Gasteiger partial charge on any atom is 0.488 e. The van der Waals surface area contributed by atoms with Gasteiger partial charge in [0.2, 0.25) is 0 Å². The van der Waals surface area contributed by atoms with Gasteiger partial charge in [-0.3, -0.25) is 4.79 Å². The Labute approximate surface area is 180 Å². The van der Waals surface area contributed by atoms with Crippen molar-refractivity contribution in [2.75, 3.05) is 6.61 Å². The van der Waals surface area contributed by atoms with Gasteiger partial charge < -0.3 is 14.8 Å². The van der Waals surface area contributed by atoms with Gasteiger partial charge in [0.15, 0.2) is 5.78 Å². The molecule has 0 saturated carbocycles. The van der Waals surface area contributed by atoms with E-state index in [9.17, 15) is 4.79 Å². The van der Waals surface area contributed by atoms with Crippen molar-refractivity contribution in [2.24, 2.45) is 0 Å². The Bertz CT molecular complexity index is 767. The first-order chi connectivity index (χ1) is 14.6. The number of unbranched alkanes of at least 4 members (excludes halogenated alkanes) is 7. The Balaban J connectivity index is 1.69. The molecule has 0 unspecified atom stereocenters. The number of ketones is 1. The Kier molecular flexibility index (Phi) is 11.0. The number of carbonyl (C=O) groups excluding carboxylic acids is 1. The summed E-state index contributed by atoms with van der Waals surface area (Å²) in [4.78, 5) is 12.2. The Hall–Kier alpha value is -2.37. The summed E-state index contributed by atoms with van der Waals surface area (Å²) in [5.74, 6) is 0.712. The number of hydrogen-bond acceptors (Lipinski definition) is 4. The van der Waals surface area contributed by atoms with Crippen LogP contribution in [0.1, 0.15) is 74.2 Å². The minimum Gasteiger partial charge on any atom is -0.494 e. The molecule has 0 amide bonds. The molecular formula is C25H33BO4. The molecule has 2 rings (SSSR count). The molecular weight excluding hydrogens is 375 g/mol. The number of rotatable bonds is 14. The van der Waals surface area contributed by atoms with E-state index in [1.807, 2.05) is 24.3 Å². The van der Waals surface area contributed by atoms with E-state index in [2.05, 4.69) is 6.92 Å². The smallest absolute Gasteiger partial charge is 0.488 e. The van der Waals surface area contributed by atoms with Gasteiger partial charge in [0, 0.05) is 5.56 Å². The van der Waals surface area contributed by atoms with Crippen LogP contribution in [0.3, 0.4) is 0 Å². The van der Waals surface area contributed by atoms with Gasteiger partial charge in [0.05, 0.1) is 6.61 Å². The molecule has 0 radical (unpaired) electrons. The van der Waals surface area contributed by atoms with Crippen molar-refractivity contribution >= 4 is 24.4 Å². The van der Waals surface area contributed by atoms with Crippen LogP contribution >= 0.6 is 0 Å². The first kappa shape index (κ1) is 23.9. The molecule has 0 aliphatic carbocycles. The molecule has 4 nitrogen and oxygen atoms in total. The summed E-state index contributed by atoms with van der Waals surface area (Å²) in [6, 6.07) is 13.9. The molecule has 2 aromatic carbocycles. The summed E-state index contributed by atoms with van der Waals surface area (Å²) < 4.78 is 5.80.